The highest BCUT2D eigenvalue weighted by Gasteiger charge is 2.32. The molecule has 1 aliphatic rings. The second kappa shape index (κ2) is 8.38. The molecular formula is C18H23BrN2O4. The predicted octanol–water partition coefficient (Wildman–Crippen LogP) is 3.67. The van der Waals surface area contributed by atoms with Gasteiger partial charge < -0.3 is 20.1 Å². The highest BCUT2D eigenvalue weighted by atomic mass is 79.9. The van der Waals surface area contributed by atoms with Gasteiger partial charge in [-0.05, 0) is 52.9 Å². The van der Waals surface area contributed by atoms with Crippen LogP contribution in [0.15, 0.2) is 33.9 Å². The molecule has 1 aliphatic heterocycles. The van der Waals surface area contributed by atoms with Gasteiger partial charge in [0.2, 0.25) is 0 Å². The number of allylic oxidation sites excluding steroid dienone is 1. The van der Waals surface area contributed by atoms with E-state index in [1.807, 2.05) is 12.1 Å². The Morgan fingerprint density at radius 2 is 2.08 bits per heavy atom. The van der Waals surface area contributed by atoms with E-state index in [0.29, 0.717) is 29.5 Å². The molecule has 0 unspecified atom stereocenters. The van der Waals surface area contributed by atoms with Gasteiger partial charge in [0.25, 0.3) is 0 Å². The van der Waals surface area contributed by atoms with E-state index in [9.17, 15) is 9.59 Å². The lowest BCUT2D eigenvalue weighted by atomic mass is 9.95. The van der Waals surface area contributed by atoms with Crippen molar-refractivity contribution in [1.82, 2.24) is 10.6 Å². The van der Waals surface area contributed by atoms with Crippen LogP contribution in [0.3, 0.4) is 0 Å². The van der Waals surface area contributed by atoms with Crippen molar-refractivity contribution in [2.75, 3.05) is 13.7 Å². The van der Waals surface area contributed by atoms with Crippen LogP contribution in [0.2, 0.25) is 0 Å². The van der Waals surface area contributed by atoms with Crippen LogP contribution in [0.1, 0.15) is 38.8 Å². The van der Waals surface area contributed by atoms with Gasteiger partial charge in [0.15, 0.2) is 0 Å². The van der Waals surface area contributed by atoms with Gasteiger partial charge in [-0.1, -0.05) is 19.9 Å². The number of rotatable bonds is 6. The highest BCUT2D eigenvalue weighted by Crippen LogP contribution is 2.33. The molecule has 0 bridgehead atoms. The van der Waals surface area contributed by atoms with Crippen LogP contribution in [-0.4, -0.2) is 25.7 Å². The summed E-state index contributed by atoms with van der Waals surface area (Å²) in [5.74, 6) is 0.689. The monoisotopic (exact) mass is 410 g/mol. The average molecular weight is 411 g/mol. The number of hydrogen-bond acceptors (Lipinski definition) is 4. The van der Waals surface area contributed by atoms with E-state index in [4.69, 9.17) is 9.47 Å². The van der Waals surface area contributed by atoms with Gasteiger partial charge in [-0.15, -0.1) is 0 Å². The van der Waals surface area contributed by atoms with Gasteiger partial charge in [-0.2, -0.15) is 0 Å². The van der Waals surface area contributed by atoms with Crippen molar-refractivity contribution in [1.29, 1.82) is 0 Å². The largest absolute Gasteiger partial charge is 0.496 e. The molecule has 0 fully saturated rings. The van der Waals surface area contributed by atoms with E-state index in [1.165, 1.54) is 0 Å². The van der Waals surface area contributed by atoms with E-state index in [2.05, 4.69) is 40.4 Å². The number of esters is 1. The Morgan fingerprint density at radius 1 is 1.36 bits per heavy atom. The Hall–Kier alpha value is -2.02. The summed E-state index contributed by atoms with van der Waals surface area (Å²) in [5.41, 5.74) is 1.66. The first-order valence-corrected chi connectivity index (χ1v) is 8.91. The number of benzene rings is 1. The maximum Gasteiger partial charge on any atom is 0.338 e. The number of amides is 2. The second-order valence-corrected chi connectivity index (χ2v) is 7.14. The van der Waals surface area contributed by atoms with Crippen molar-refractivity contribution in [3.05, 3.63) is 39.5 Å². The molecule has 0 aliphatic carbocycles. The SMILES string of the molecule is COc1ccc([C@@H]2NC(=O)NC(C)=C2C(=O)OCCC(C)C)cc1Br. The molecule has 2 amide bonds. The normalized spacial score (nSPS) is 17.2. The molecule has 2 N–H and O–H groups in total. The van der Waals surface area contributed by atoms with Gasteiger partial charge in [0, 0.05) is 5.70 Å². The predicted molar refractivity (Wildman–Crippen MR) is 98.2 cm³/mol. The Bertz CT molecular complexity index is 700. The molecule has 7 heteroatoms. The lowest BCUT2D eigenvalue weighted by Gasteiger charge is -2.28. The molecule has 1 heterocycles. The Labute approximate surface area is 156 Å². The standard InChI is InChI=1S/C18H23BrN2O4/c1-10(2)7-8-25-17(22)15-11(3)20-18(23)21-16(15)12-5-6-14(24-4)13(19)9-12/h5-6,9-10,16H,7-8H2,1-4H3,(H2,20,21,23)/t16-/m0/s1. The fraction of sp³-hybridized carbons (Fsp3) is 0.444. The molecule has 0 aromatic heterocycles. The fourth-order valence-corrected chi connectivity index (χ4v) is 3.10. The van der Waals surface area contributed by atoms with E-state index in [0.717, 1.165) is 16.5 Å². The number of hydrogen-bond donors (Lipinski definition) is 2. The number of carbonyl (C=O) groups excluding carboxylic acids is 2. The van der Waals surface area contributed by atoms with Gasteiger partial charge in [0.05, 0.1) is 29.8 Å². The number of methoxy groups -OCH3 is 1. The van der Waals surface area contributed by atoms with E-state index < -0.39 is 12.0 Å². The summed E-state index contributed by atoms with van der Waals surface area (Å²) in [7, 11) is 1.58. The third-order valence-electron chi connectivity index (χ3n) is 3.93. The highest BCUT2D eigenvalue weighted by molar-refractivity contribution is 9.10. The minimum Gasteiger partial charge on any atom is -0.496 e. The third kappa shape index (κ3) is 4.75. The summed E-state index contributed by atoms with van der Waals surface area (Å²) in [5, 5.41) is 5.43. The molecule has 1 aromatic rings. The molecule has 1 atom stereocenters. The number of carbonyl (C=O) groups is 2. The van der Waals surface area contributed by atoms with Crippen LogP contribution < -0.4 is 15.4 Å². The summed E-state index contributed by atoms with van der Waals surface area (Å²) in [6.45, 7) is 6.18. The zero-order valence-corrected chi connectivity index (χ0v) is 16.4. The topological polar surface area (TPSA) is 76.7 Å². The first kappa shape index (κ1) is 19.3. The molecule has 1 aromatic carbocycles. The van der Waals surface area contributed by atoms with Gasteiger partial charge in [-0.3, -0.25) is 0 Å². The van der Waals surface area contributed by atoms with Crippen molar-refractivity contribution in [2.45, 2.75) is 33.2 Å². The minimum atomic E-state index is -0.581. The molecule has 0 spiro atoms. The molecular weight excluding hydrogens is 388 g/mol. The van der Waals surface area contributed by atoms with Crippen molar-refractivity contribution in [2.24, 2.45) is 5.92 Å². The number of urea groups is 1. The number of nitrogens with one attached hydrogen (secondary N) is 2. The Balaban J connectivity index is 2.30. The van der Waals surface area contributed by atoms with Crippen LogP contribution in [-0.2, 0) is 9.53 Å². The van der Waals surface area contributed by atoms with E-state index in [-0.39, 0.29) is 6.03 Å². The molecule has 25 heavy (non-hydrogen) atoms. The second-order valence-electron chi connectivity index (χ2n) is 6.28. The molecule has 136 valence electrons. The van der Waals surface area contributed by atoms with E-state index >= 15 is 0 Å². The van der Waals surface area contributed by atoms with Crippen LogP contribution in [0.25, 0.3) is 0 Å². The molecule has 0 saturated heterocycles. The Kier molecular flexibility index (Phi) is 6.47. The first-order valence-electron chi connectivity index (χ1n) is 8.12. The maximum atomic E-state index is 12.6. The van der Waals surface area contributed by atoms with Crippen LogP contribution in [0, 0.1) is 5.92 Å². The summed E-state index contributed by atoms with van der Waals surface area (Å²) in [6.07, 6.45) is 0.788. The van der Waals surface area contributed by atoms with Gasteiger partial charge in [0.1, 0.15) is 5.75 Å². The Morgan fingerprint density at radius 3 is 2.68 bits per heavy atom. The summed E-state index contributed by atoms with van der Waals surface area (Å²) in [4.78, 5) is 24.5. The quantitative estimate of drug-likeness (QED) is 0.701. The van der Waals surface area contributed by atoms with E-state index in [1.54, 1.807) is 20.1 Å². The lowest BCUT2D eigenvalue weighted by Crippen LogP contribution is -2.45. The lowest BCUT2D eigenvalue weighted by molar-refractivity contribution is -0.139. The van der Waals surface area contributed by atoms with Crippen LogP contribution in [0.5, 0.6) is 5.75 Å². The zero-order valence-electron chi connectivity index (χ0n) is 14.8. The maximum absolute atomic E-state index is 12.6. The zero-order chi connectivity index (χ0) is 18.6. The third-order valence-corrected chi connectivity index (χ3v) is 4.55. The van der Waals surface area contributed by atoms with Crippen molar-refractivity contribution in [3.63, 3.8) is 0 Å². The summed E-state index contributed by atoms with van der Waals surface area (Å²) in [6, 6.07) is 4.49. The number of ether oxygens (including phenoxy) is 2. The minimum absolute atomic E-state index is 0.347. The molecule has 2 rings (SSSR count). The first-order chi connectivity index (χ1) is 11.8. The van der Waals surface area contributed by atoms with Gasteiger partial charge >= 0.3 is 12.0 Å². The van der Waals surface area contributed by atoms with Crippen LogP contribution in [0.4, 0.5) is 4.79 Å². The van der Waals surface area contributed by atoms with Crippen LogP contribution >= 0.6 is 15.9 Å². The van der Waals surface area contributed by atoms with Crippen molar-refractivity contribution in [3.8, 4) is 5.75 Å². The summed E-state index contributed by atoms with van der Waals surface area (Å²) >= 11 is 3.43. The molecule has 0 saturated carbocycles. The van der Waals surface area contributed by atoms with Crippen molar-refractivity contribution >= 4 is 27.9 Å². The van der Waals surface area contributed by atoms with Gasteiger partial charge in [-0.25, -0.2) is 9.59 Å². The number of halogens is 1. The van der Waals surface area contributed by atoms with Crippen molar-refractivity contribution < 1.29 is 19.1 Å². The smallest absolute Gasteiger partial charge is 0.338 e. The summed E-state index contributed by atoms with van der Waals surface area (Å²) < 4.78 is 11.4. The fourth-order valence-electron chi connectivity index (χ4n) is 2.54. The molecule has 6 nitrogen and oxygen atoms in total. The molecule has 0 radical (unpaired) electrons. The average Bonchev–Trinajstić information content (AvgIpc) is 2.53.